The van der Waals surface area contributed by atoms with Gasteiger partial charge in [0.1, 0.15) is 10.8 Å². The van der Waals surface area contributed by atoms with Gasteiger partial charge in [-0.1, -0.05) is 23.2 Å². The Bertz CT molecular complexity index is 876. The SMILES string of the molecule is COC(=O)c1cc(N2CCOCC2)ccc1NC(=O)c1cc(Cl)c(Cl)n1C. The van der Waals surface area contributed by atoms with Crippen molar-refractivity contribution in [2.24, 2.45) is 7.05 Å². The molecule has 27 heavy (non-hydrogen) atoms. The zero-order valence-corrected chi connectivity index (χ0v) is 16.4. The molecule has 0 bridgehead atoms. The third-order valence-electron chi connectivity index (χ3n) is 4.38. The lowest BCUT2D eigenvalue weighted by molar-refractivity contribution is 0.0602. The van der Waals surface area contributed by atoms with E-state index in [0.717, 1.165) is 18.8 Å². The van der Waals surface area contributed by atoms with Gasteiger partial charge in [0, 0.05) is 25.8 Å². The van der Waals surface area contributed by atoms with Gasteiger partial charge in [0.15, 0.2) is 0 Å². The van der Waals surface area contributed by atoms with Crippen molar-refractivity contribution in [2.75, 3.05) is 43.6 Å². The molecule has 0 atom stereocenters. The van der Waals surface area contributed by atoms with Crippen molar-refractivity contribution >= 4 is 46.5 Å². The molecule has 0 saturated carbocycles. The van der Waals surface area contributed by atoms with Crippen LogP contribution in [0.5, 0.6) is 0 Å². The lowest BCUT2D eigenvalue weighted by atomic mass is 10.1. The number of nitrogens with one attached hydrogen (secondary N) is 1. The highest BCUT2D eigenvalue weighted by Crippen LogP contribution is 2.28. The maximum atomic E-state index is 12.6. The highest BCUT2D eigenvalue weighted by molar-refractivity contribution is 6.42. The van der Waals surface area contributed by atoms with E-state index in [9.17, 15) is 9.59 Å². The van der Waals surface area contributed by atoms with E-state index >= 15 is 0 Å². The average Bonchev–Trinajstić information content (AvgIpc) is 2.95. The predicted molar refractivity (Wildman–Crippen MR) is 104 cm³/mol. The Balaban J connectivity index is 1.90. The maximum absolute atomic E-state index is 12.6. The van der Waals surface area contributed by atoms with Gasteiger partial charge in [0.25, 0.3) is 5.91 Å². The van der Waals surface area contributed by atoms with Crippen molar-refractivity contribution in [3.05, 3.63) is 45.7 Å². The zero-order valence-electron chi connectivity index (χ0n) is 14.9. The van der Waals surface area contributed by atoms with Crippen molar-refractivity contribution in [3.63, 3.8) is 0 Å². The van der Waals surface area contributed by atoms with Crippen molar-refractivity contribution < 1.29 is 19.1 Å². The van der Waals surface area contributed by atoms with Crippen LogP contribution in [0.4, 0.5) is 11.4 Å². The number of amides is 1. The van der Waals surface area contributed by atoms with Crippen LogP contribution >= 0.6 is 23.2 Å². The van der Waals surface area contributed by atoms with Crippen LogP contribution in [-0.2, 0) is 16.5 Å². The number of rotatable bonds is 4. The molecule has 1 saturated heterocycles. The molecule has 0 aliphatic carbocycles. The number of hydrogen-bond donors (Lipinski definition) is 1. The molecule has 1 N–H and O–H groups in total. The number of ether oxygens (including phenoxy) is 2. The van der Waals surface area contributed by atoms with E-state index in [1.165, 1.54) is 17.7 Å². The number of methoxy groups -OCH3 is 1. The Hall–Kier alpha value is -2.22. The summed E-state index contributed by atoms with van der Waals surface area (Å²) in [7, 11) is 2.93. The van der Waals surface area contributed by atoms with Gasteiger partial charge in [-0.3, -0.25) is 4.79 Å². The molecule has 1 aliphatic rings. The van der Waals surface area contributed by atoms with E-state index in [2.05, 4.69) is 10.2 Å². The van der Waals surface area contributed by atoms with Crippen molar-refractivity contribution in [1.29, 1.82) is 0 Å². The highest BCUT2D eigenvalue weighted by Gasteiger charge is 2.21. The number of nitrogens with zero attached hydrogens (tertiary/aromatic N) is 2. The number of carbonyl (C=O) groups excluding carboxylic acids is 2. The van der Waals surface area contributed by atoms with Crippen LogP contribution in [0.1, 0.15) is 20.8 Å². The summed E-state index contributed by atoms with van der Waals surface area (Å²) in [5.74, 6) is -0.973. The molecule has 3 rings (SSSR count). The van der Waals surface area contributed by atoms with E-state index in [4.69, 9.17) is 32.7 Å². The van der Waals surface area contributed by atoms with E-state index in [1.54, 1.807) is 19.2 Å². The number of aromatic nitrogens is 1. The van der Waals surface area contributed by atoms with Gasteiger partial charge in [-0.15, -0.1) is 0 Å². The Morgan fingerprint density at radius 2 is 1.89 bits per heavy atom. The Morgan fingerprint density at radius 1 is 1.19 bits per heavy atom. The number of anilines is 2. The molecule has 7 nitrogen and oxygen atoms in total. The fraction of sp³-hybridized carbons (Fsp3) is 0.333. The fourth-order valence-corrected chi connectivity index (χ4v) is 3.26. The van der Waals surface area contributed by atoms with Gasteiger partial charge in [0.2, 0.25) is 0 Å². The third-order valence-corrected chi connectivity index (χ3v) is 5.22. The Morgan fingerprint density at radius 3 is 2.48 bits per heavy atom. The minimum Gasteiger partial charge on any atom is -0.465 e. The van der Waals surface area contributed by atoms with E-state index in [-0.39, 0.29) is 21.4 Å². The second kappa shape index (κ2) is 8.21. The van der Waals surface area contributed by atoms with Crippen LogP contribution in [0.2, 0.25) is 10.2 Å². The van der Waals surface area contributed by atoms with Gasteiger partial charge in [-0.25, -0.2) is 4.79 Å². The minimum atomic E-state index is -0.539. The molecule has 1 aromatic carbocycles. The number of hydrogen-bond acceptors (Lipinski definition) is 5. The first-order chi connectivity index (χ1) is 12.9. The second-order valence-corrected chi connectivity index (χ2v) is 6.77. The first-order valence-electron chi connectivity index (χ1n) is 8.29. The van der Waals surface area contributed by atoms with Crippen molar-refractivity contribution in [2.45, 2.75) is 0 Å². The van der Waals surface area contributed by atoms with Crippen LogP contribution in [0.15, 0.2) is 24.3 Å². The van der Waals surface area contributed by atoms with Crippen LogP contribution < -0.4 is 10.2 Å². The van der Waals surface area contributed by atoms with Gasteiger partial charge in [-0.05, 0) is 24.3 Å². The molecule has 0 unspecified atom stereocenters. The number of morpholine rings is 1. The normalized spacial score (nSPS) is 14.1. The molecular formula is C18H19Cl2N3O4. The highest BCUT2D eigenvalue weighted by atomic mass is 35.5. The monoisotopic (exact) mass is 411 g/mol. The smallest absolute Gasteiger partial charge is 0.340 e. The first-order valence-corrected chi connectivity index (χ1v) is 9.05. The summed E-state index contributed by atoms with van der Waals surface area (Å²) >= 11 is 12.0. The molecule has 1 amide bonds. The van der Waals surface area contributed by atoms with Crippen LogP contribution in [0.25, 0.3) is 0 Å². The van der Waals surface area contributed by atoms with Crippen LogP contribution in [0.3, 0.4) is 0 Å². The molecule has 0 spiro atoms. The summed E-state index contributed by atoms with van der Waals surface area (Å²) < 4.78 is 11.7. The summed E-state index contributed by atoms with van der Waals surface area (Å²) in [5.41, 5.74) is 1.75. The van der Waals surface area contributed by atoms with Crippen molar-refractivity contribution in [3.8, 4) is 0 Å². The largest absolute Gasteiger partial charge is 0.465 e. The summed E-state index contributed by atoms with van der Waals surface area (Å²) in [6.07, 6.45) is 0. The number of carbonyl (C=O) groups is 2. The minimum absolute atomic E-state index is 0.262. The lowest BCUT2D eigenvalue weighted by Crippen LogP contribution is -2.36. The Labute approximate surface area is 166 Å². The molecule has 1 fully saturated rings. The van der Waals surface area contributed by atoms with Gasteiger partial charge in [-0.2, -0.15) is 0 Å². The molecule has 1 aromatic heterocycles. The number of benzene rings is 1. The topological polar surface area (TPSA) is 72.8 Å². The standard InChI is InChI=1S/C18H19Cl2N3O4/c1-22-15(10-13(19)16(22)20)17(24)21-14-4-3-11(9-12(14)18(25)26-2)23-5-7-27-8-6-23/h3-4,9-10H,5-8H2,1-2H3,(H,21,24). The second-order valence-electron chi connectivity index (χ2n) is 6.00. The number of esters is 1. The summed E-state index contributed by atoms with van der Waals surface area (Å²) in [4.78, 5) is 27.0. The summed E-state index contributed by atoms with van der Waals surface area (Å²) in [6, 6.07) is 6.70. The quantitative estimate of drug-likeness (QED) is 0.781. The lowest BCUT2D eigenvalue weighted by Gasteiger charge is -2.29. The Kier molecular flexibility index (Phi) is 5.94. The van der Waals surface area contributed by atoms with Gasteiger partial charge >= 0.3 is 5.97 Å². The van der Waals surface area contributed by atoms with E-state index in [0.29, 0.717) is 18.9 Å². The van der Waals surface area contributed by atoms with Crippen molar-refractivity contribution in [1.82, 2.24) is 4.57 Å². The molecule has 144 valence electrons. The summed E-state index contributed by atoms with van der Waals surface area (Å²) in [6.45, 7) is 2.71. The van der Waals surface area contributed by atoms with Crippen LogP contribution in [0, 0.1) is 0 Å². The average molecular weight is 412 g/mol. The van der Waals surface area contributed by atoms with E-state index in [1.807, 2.05) is 6.07 Å². The number of halogens is 2. The molecular weight excluding hydrogens is 393 g/mol. The van der Waals surface area contributed by atoms with Gasteiger partial charge < -0.3 is 24.3 Å². The zero-order chi connectivity index (χ0) is 19.6. The first kappa shape index (κ1) is 19.5. The fourth-order valence-electron chi connectivity index (χ4n) is 2.88. The molecule has 2 heterocycles. The maximum Gasteiger partial charge on any atom is 0.340 e. The van der Waals surface area contributed by atoms with E-state index < -0.39 is 11.9 Å². The molecule has 9 heteroatoms. The van der Waals surface area contributed by atoms with Crippen LogP contribution in [-0.4, -0.2) is 49.9 Å². The third kappa shape index (κ3) is 4.05. The van der Waals surface area contributed by atoms with Gasteiger partial charge in [0.05, 0.1) is 36.6 Å². The molecule has 2 aromatic rings. The molecule has 1 aliphatic heterocycles. The summed E-state index contributed by atoms with van der Waals surface area (Å²) in [5, 5.41) is 3.27. The molecule has 0 radical (unpaired) electrons. The predicted octanol–water partition coefficient (Wildman–Crippen LogP) is 3.21.